The van der Waals surface area contributed by atoms with Crippen LogP contribution in [0.25, 0.3) is 0 Å². The lowest BCUT2D eigenvalue weighted by atomic mass is 10.2. The van der Waals surface area contributed by atoms with E-state index in [4.69, 9.17) is 14.2 Å². The average Bonchev–Trinajstić information content (AvgIpc) is 2.67. The van der Waals surface area contributed by atoms with Crippen molar-refractivity contribution in [2.24, 2.45) is 5.10 Å². The molecule has 0 radical (unpaired) electrons. The third-order valence-electron chi connectivity index (χ3n) is 3.56. The van der Waals surface area contributed by atoms with E-state index in [1.165, 1.54) is 32.6 Å². The molecule has 0 aliphatic heterocycles. The van der Waals surface area contributed by atoms with Crippen LogP contribution in [0.4, 0.5) is 5.69 Å². The van der Waals surface area contributed by atoms with Crippen molar-refractivity contribution in [3.8, 4) is 17.2 Å². The van der Waals surface area contributed by atoms with E-state index in [9.17, 15) is 14.9 Å². The number of hydrogen-bond donors (Lipinski definition) is 1. The maximum absolute atomic E-state index is 12.2. The van der Waals surface area contributed by atoms with Crippen LogP contribution in [-0.2, 0) is 0 Å². The summed E-state index contributed by atoms with van der Waals surface area (Å²) in [5.74, 6) is 0.163. The van der Waals surface area contributed by atoms with Crippen molar-refractivity contribution in [2.45, 2.75) is 20.0 Å². The van der Waals surface area contributed by atoms with Crippen LogP contribution in [0.15, 0.2) is 41.5 Å². The summed E-state index contributed by atoms with van der Waals surface area (Å²) in [5.41, 5.74) is 2.78. The summed E-state index contributed by atoms with van der Waals surface area (Å²) in [7, 11) is 2.85. The van der Waals surface area contributed by atoms with Crippen LogP contribution in [0.3, 0.4) is 0 Å². The number of rotatable bonds is 8. The number of benzene rings is 2. The van der Waals surface area contributed by atoms with E-state index in [-0.39, 0.29) is 23.3 Å². The largest absolute Gasteiger partial charge is 0.496 e. The predicted octanol–water partition coefficient (Wildman–Crippen LogP) is 3.16. The summed E-state index contributed by atoms with van der Waals surface area (Å²) in [6.45, 7) is 3.51. The lowest BCUT2D eigenvalue weighted by Gasteiger charge is -2.14. The smallest absolute Gasteiger partial charge is 0.315 e. The number of hydrazone groups is 1. The molecule has 9 heteroatoms. The second-order valence-electron chi connectivity index (χ2n) is 5.89. The van der Waals surface area contributed by atoms with Gasteiger partial charge in [0.1, 0.15) is 5.75 Å². The molecule has 1 N–H and O–H groups in total. The Labute approximate surface area is 162 Å². The zero-order valence-electron chi connectivity index (χ0n) is 16.0. The number of methoxy groups -OCH3 is 2. The molecule has 0 aliphatic carbocycles. The molecule has 0 saturated heterocycles. The highest BCUT2D eigenvalue weighted by molar-refractivity contribution is 5.97. The molecule has 9 nitrogen and oxygen atoms in total. The Bertz CT molecular complexity index is 895. The van der Waals surface area contributed by atoms with Gasteiger partial charge in [-0.05, 0) is 32.0 Å². The van der Waals surface area contributed by atoms with E-state index < -0.39 is 10.8 Å². The third kappa shape index (κ3) is 4.97. The van der Waals surface area contributed by atoms with Crippen LogP contribution < -0.4 is 19.6 Å². The fraction of sp³-hybridized carbons (Fsp3) is 0.263. The van der Waals surface area contributed by atoms with Gasteiger partial charge >= 0.3 is 5.69 Å². The van der Waals surface area contributed by atoms with Crippen molar-refractivity contribution < 1.29 is 23.9 Å². The third-order valence-corrected chi connectivity index (χ3v) is 3.56. The number of ether oxygens (including phenoxy) is 3. The summed E-state index contributed by atoms with van der Waals surface area (Å²) in [6, 6.07) is 9.51. The van der Waals surface area contributed by atoms with Crippen molar-refractivity contribution in [1.29, 1.82) is 0 Å². The molecule has 2 aromatic carbocycles. The molecule has 148 valence electrons. The van der Waals surface area contributed by atoms with Gasteiger partial charge in [0.25, 0.3) is 5.91 Å². The average molecular weight is 387 g/mol. The van der Waals surface area contributed by atoms with Crippen LogP contribution in [0, 0.1) is 10.1 Å². The normalized spacial score (nSPS) is 10.8. The Morgan fingerprint density at radius 2 is 1.86 bits per heavy atom. The second kappa shape index (κ2) is 9.36. The van der Waals surface area contributed by atoms with Gasteiger partial charge in [-0.3, -0.25) is 14.9 Å². The molecule has 0 fully saturated rings. The van der Waals surface area contributed by atoms with Crippen molar-refractivity contribution in [2.75, 3.05) is 14.2 Å². The van der Waals surface area contributed by atoms with Crippen LogP contribution in [0.2, 0.25) is 0 Å². The molecule has 0 atom stereocenters. The number of nitrogens with one attached hydrogen (secondary N) is 1. The zero-order chi connectivity index (χ0) is 20.7. The first-order valence-electron chi connectivity index (χ1n) is 8.36. The Kier molecular flexibility index (Phi) is 6.91. The lowest BCUT2D eigenvalue weighted by molar-refractivity contribution is -0.386. The van der Waals surface area contributed by atoms with Gasteiger partial charge in [0.15, 0.2) is 5.75 Å². The van der Waals surface area contributed by atoms with Crippen LogP contribution in [-0.4, -0.2) is 37.4 Å². The number of hydrogen-bond acceptors (Lipinski definition) is 7. The van der Waals surface area contributed by atoms with E-state index in [1.54, 1.807) is 38.1 Å². The van der Waals surface area contributed by atoms with E-state index in [1.807, 2.05) is 0 Å². The van der Waals surface area contributed by atoms with Crippen molar-refractivity contribution in [1.82, 2.24) is 5.43 Å². The molecule has 1 amide bonds. The summed E-state index contributed by atoms with van der Waals surface area (Å²) in [4.78, 5) is 23.1. The molecule has 0 unspecified atom stereocenters. The number of nitrogens with zero attached hydrogens (tertiary/aromatic N) is 2. The molecule has 0 saturated carbocycles. The number of nitro benzene ring substituents is 1. The maximum Gasteiger partial charge on any atom is 0.315 e. The first kappa shape index (κ1) is 20.7. The quantitative estimate of drug-likeness (QED) is 0.423. The molecule has 28 heavy (non-hydrogen) atoms. The van der Waals surface area contributed by atoms with Gasteiger partial charge in [-0.25, -0.2) is 5.43 Å². The topological polar surface area (TPSA) is 112 Å². The van der Waals surface area contributed by atoms with Gasteiger partial charge in [-0.1, -0.05) is 12.1 Å². The van der Waals surface area contributed by atoms with Gasteiger partial charge in [-0.15, -0.1) is 0 Å². The molecule has 0 heterocycles. The van der Waals surface area contributed by atoms with E-state index >= 15 is 0 Å². The SMILES string of the molecule is COc1ccccc1C(=O)N/N=C/c1cc(OC)c(OC(C)C)c([N+](=O)[O-])c1. The molecule has 0 aliphatic rings. The first-order valence-corrected chi connectivity index (χ1v) is 8.36. The molecule has 2 rings (SSSR count). The lowest BCUT2D eigenvalue weighted by Crippen LogP contribution is -2.18. The van der Waals surface area contributed by atoms with Crippen molar-refractivity contribution >= 4 is 17.8 Å². The molecule has 0 bridgehead atoms. The molecule has 0 aromatic heterocycles. The summed E-state index contributed by atoms with van der Waals surface area (Å²) in [6.07, 6.45) is 1.01. The van der Waals surface area contributed by atoms with Gasteiger partial charge < -0.3 is 14.2 Å². The summed E-state index contributed by atoms with van der Waals surface area (Å²) >= 11 is 0. The number of carbonyl (C=O) groups is 1. The summed E-state index contributed by atoms with van der Waals surface area (Å²) in [5, 5.41) is 15.3. The highest BCUT2D eigenvalue weighted by Crippen LogP contribution is 2.38. The maximum atomic E-state index is 12.2. The van der Waals surface area contributed by atoms with Crippen LogP contribution in [0.5, 0.6) is 17.2 Å². The van der Waals surface area contributed by atoms with Gasteiger partial charge in [0, 0.05) is 11.6 Å². The van der Waals surface area contributed by atoms with Gasteiger partial charge in [0.2, 0.25) is 5.75 Å². The summed E-state index contributed by atoms with van der Waals surface area (Å²) < 4.78 is 15.9. The van der Waals surface area contributed by atoms with E-state index in [2.05, 4.69) is 10.5 Å². The fourth-order valence-corrected chi connectivity index (χ4v) is 2.38. The van der Waals surface area contributed by atoms with Gasteiger partial charge in [0.05, 0.1) is 37.0 Å². The van der Waals surface area contributed by atoms with Crippen LogP contribution in [0.1, 0.15) is 29.8 Å². The molecule has 0 spiro atoms. The fourth-order valence-electron chi connectivity index (χ4n) is 2.38. The molecular weight excluding hydrogens is 366 g/mol. The minimum absolute atomic E-state index is 0.0395. The number of nitro groups is 1. The second-order valence-corrected chi connectivity index (χ2v) is 5.89. The zero-order valence-corrected chi connectivity index (χ0v) is 16.0. The standard InChI is InChI=1S/C19H21N3O6/c1-12(2)28-18-15(22(24)25)9-13(10-17(18)27-4)11-20-21-19(23)14-7-5-6-8-16(14)26-3/h5-12H,1-4H3,(H,21,23)/b20-11+. The highest BCUT2D eigenvalue weighted by atomic mass is 16.6. The first-order chi connectivity index (χ1) is 13.4. The number of para-hydroxylation sites is 1. The molecule has 2 aromatic rings. The van der Waals surface area contributed by atoms with Crippen molar-refractivity contribution in [3.05, 3.63) is 57.6 Å². The van der Waals surface area contributed by atoms with Gasteiger partial charge in [-0.2, -0.15) is 5.10 Å². The predicted molar refractivity (Wildman–Crippen MR) is 103 cm³/mol. The Morgan fingerprint density at radius 3 is 2.46 bits per heavy atom. The Balaban J connectivity index is 2.26. The van der Waals surface area contributed by atoms with Crippen LogP contribution >= 0.6 is 0 Å². The Hall–Kier alpha value is -3.62. The monoisotopic (exact) mass is 387 g/mol. The Morgan fingerprint density at radius 1 is 1.18 bits per heavy atom. The minimum atomic E-state index is -0.564. The highest BCUT2D eigenvalue weighted by Gasteiger charge is 2.23. The minimum Gasteiger partial charge on any atom is -0.496 e. The number of amides is 1. The number of carbonyl (C=O) groups excluding carboxylic acids is 1. The van der Waals surface area contributed by atoms with Crippen molar-refractivity contribution in [3.63, 3.8) is 0 Å². The molecular formula is C19H21N3O6. The van der Waals surface area contributed by atoms with E-state index in [0.717, 1.165) is 0 Å². The van der Waals surface area contributed by atoms with E-state index in [0.29, 0.717) is 16.9 Å².